The van der Waals surface area contributed by atoms with Gasteiger partial charge in [0.25, 0.3) is 0 Å². The van der Waals surface area contributed by atoms with Crippen molar-refractivity contribution in [3.8, 4) is 5.75 Å². The van der Waals surface area contributed by atoms with Crippen molar-refractivity contribution in [1.29, 1.82) is 0 Å². The number of benzene rings is 3. The molecule has 0 atom stereocenters. The smallest absolute Gasteiger partial charge is 0.306 e. The number of hydrogen-bond donors (Lipinski definition) is 0. The second kappa shape index (κ2) is 7.15. The molecule has 3 nitrogen and oxygen atoms in total. The van der Waals surface area contributed by atoms with Gasteiger partial charge in [-0.15, -0.1) is 0 Å². The predicted octanol–water partition coefficient (Wildman–Crippen LogP) is 4.59. The summed E-state index contributed by atoms with van der Waals surface area (Å²) >= 11 is 0. The standard InChI is InChI=1S/C22H18NO2P/c24-26(19-11-3-1-4-12-19,20-13-5-2-6-14-20)25-22-15-7-9-18-10-8-16-23-17-21(18)22/h1-16H,17H2. The third-order valence-electron chi connectivity index (χ3n) is 4.31. The Bertz CT molecular complexity index is 967. The van der Waals surface area contributed by atoms with Crippen molar-refractivity contribution in [3.63, 3.8) is 0 Å². The fourth-order valence-electron chi connectivity index (χ4n) is 2.99. The van der Waals surface area contributed by atoms with E-state index in [2.05, 4.69) is 4.99 Å². The molecule has 0 bridgehead atoms. The van der Waals surface area contributed by atoms with E-state index in [1.54, 1.807) is 6.21 Å². The largest absolute Gasteiger partial charge is 0.436 e. The van der Waals surface area contributed by atoms with Crippen molar-refractivity contribution < 1.29 is 9.09 Å². The van der Waals surface area contributed by atoms with Crippen molar-refractivity contribution in [2.75, 3.05) is 0 Å². The van der Waals surface area contributed by atoms with Crippen molar-refractivity contribution in [1.82, 2.24) is 0 Å². The molecule has 3 aromatic carbocycles. The quantitative estimate of drug-likeness (QED) is 0.639. The molecule has 3 aromatic rings. The highest BCUT2D eigenvalue weighted by atomic mass is 31.2. The summed E-state index contributed by atoms with van der Waals surface area (Å²) in [5.41, 5.74) is 1.98. The highest BCUT2D eigenvalue weighted by molar-refractivity contribution is 7.74. The molecule has 1 aliphatic heterocycles. The zero-order valence-electron chi connectivity index (χ0n) is 14.2. The molecular weight excluding hydrogens is 341 g/mol. The molecule has 1 heterocycles. The summed E-state index contributed by atoms with van der Waals surface area (Å²) < 4.78 is 20.4. The van der Waals surface area contributed by atoms with Crippen LogP contribution in [0.5, 0.6) is 5.75 Å². The van der Waals surface area contributed by atoms with Crippen molar-refractivity contribution in [2.45, 2.75) is 6.54 Å². The van der Waals surface area contributed by atoms with Crippen LogP contribution in [0.3, 0.4) is 0 Å². The molecule has 128 valence electrons. The Balaban J connectivity index is 1.85. The van der Waals surface area contributed by atoms with Crippen LogP contribution < -0.4 is 15.1 Å². The maximum absolute atomic E-state index is 14.1. The van der Waals surface area contributed by atoms with Crippen molar-refractivity contribution >= 4 is 30.3 Å². The molecule has 0 spiro atoms. The summed E-state index contributed by atoms with van der Waals surface area (Å²) in [5.74, 6) is 0.613. The van der Waals surface area contributed by atoms with Crippen molar-refractivity contribution in [2.24, 2.45) is 4.99 Å². The van der Waals surface area contributed by atoms with Gasteiger partial charge in [-0.05, 0) is 42.0 Å². The molecular formula is C22H18NO2P. The molecule has 0 fully saturated rings. The van der Waals surface area contributed by atoms with E-state index < -0.39 is 7.37 Å². The minimum absolute atomic E-state index is 0.502. The monoisotopic (exact) mass is 359 g/mol. The lowest BCUT2D eigenvalue weighted by Gasteiger charge is -2.22. The van der Waals surface area contributed by atoms with Crippen LogP contribution in [0.2, 0.25) is 0 Å². The molecule has 1 aliphatic rings. The summed E-state index contributed by atoms with van der Waals surface area (Å²) in [7, 11) is -3.28. The number of allylic oxidation sites excluding steroid dienone is 1. The molecule has 0 radical (unpaired) electrons. The second-order valence-corrected chi connectivity index (χ2v) is 8.31. The summed E-state index contributed by atoms with van der Waals surface area (Å²) in [5, 5.41) is 1.35. The fraction of sp³-hybridized carbons (Fsp3) is 0.0455. The first kappa shape index (κ1) is 16.6. The maximum atomic E-state index is 14.1. The third kappa shape index (κ3) is 3.14. The normalized spacial score (nSPS) is 13.1. The van der Waals surface area contributed by atoms with Gasteiger partial charge in [-0.1, -0.05) is 54.6 Å². The Morgan fingerprint density at radius 2 is 1.46 bits per heavy atom. The second-order valence-electron chi connectivity index (χ2n) is 5.99. The molecule has 26 heavy (non-hydrogen) atoms. The highest BCUT2D eigenvalue weighted by Crippen LogP contribution is 2.46. The lowest BCUT2D eigenvalue weighted by atomic mass is 10.1. The van der Waals surface area contributed by atoms with Gasteiger partial charge in [0.1, 0.15) is 5.75 Å². The topological polar surface area (TPSA) is 38.7 Å². The first-order valence-electron chi connectivity index (χ1n) is 8.47. The molecule has 0 N–H and O–H groups in total. The van der Waals surface area contributed by atoms with Gasteiger partial charge < -0.3 is 4.52 Å². The molecule has 0 saturated heterocycles. The van der Waals surface area contributed by atoms with Crippen LogP contribution >= 0.6 is 7.37 Å². The van der Waals surface area contributed by atoms with Gasteiger partial charge in [-0.3, -0.25) is 9.56 Å². The lowest BCUT2D eigenvalue weighted by molar-refractivity contribution is 0.499. The van der Waals surface area contributed by atoms with Gasteiger partial charge in [0, 0.05) is 11.8 Å². The van der Waals surface area contributed by atoms with E-state index in [4.69, 9.17) is 4.52 Å². The van der Waals surface area contributed by atoms with E-state index in [9.17, 15) is 4.57 Å². The van der Waals surface area contributed by atoms with E-state index in [1.807, 2.05) is 91.0 Å². The van der Waals surface area contributed by atoms with Crippen LogP contribution in [0.4, 0.5) is 0 Å². The Morgan fingerprint density at radius 1 is 0.808 bits per heavy atom. The molecule has 4 rings (SSSR count). The third-order valence-corrected chi connectivity index (χ3v) is 6.71. The van der Waals surface area contributed by atoms with Crippen LogP contribution in [0, 0.1) is 0 Å². The molecule has 0 unspecified atom stereocenters. The van der Waals surface area contributed by atoms with Crippen molar-refractivity contribution in [3.05, 3.63) is 96.1 Å². The predicted molar refractivity (Wildman–Crippen MR) is 108 cm³/mol. The van der Waals surface area contributed by atoms with Gasteiger partial charge in [0.05, 0.1) is 17.2 Å². The first-order chi connectivity index (χ1) is 12.8. The Hall–Kier alpha value is -2.90. The molecule has 4 heteroatoms. The summed E-state index contributed by atoms with van der Waals surface area (Å²) in [6.45, 7) is 0.502. The number of fused-ring (bicyclic) bond motifs is 1. The van der Waals surface area contributed by atoms with E-state index in [1.165, 1.54) is 0 Å². The Labute approximate surface area is 153 Å². The molecule has 0 saturated carbocycles. The van der Waals surface area contributed by atoms with Gasteiger partial charge in [-0.25, -0.2) is 0 Å². The number of rotatable bonds is 4. The summed E-state index contributed by atoms with van der Waals surface area (Å²) in [6.07, 6.45) is 5.68. The van der Waals surface area contributed by atoms with Gasteiger partial charge in [-0.2, -0.15) is 0 Å². The van der Waals surface area contributed by atoms with E-state index >= 15 is 0 Å². The summed E-state index contributed by atoms with van der Waals surface area (Å²) in [6, 6.07) is 24.6. The zero-order chi connectivity index (χ0) is 17.8. The highest BCUT2D eigenvalue weighted by Gasteiger charge is 2.31. The van der Waals surface area contributed by atoms with Crippen LogP contribution in [-0.2, 0) is 11.1 Å². The SMILES string of the molecule is O=P(Oc1cccc2c1CN=CC=C2)(c1ccccc1)c1ccccc1. The average Bonchev–Trinajstić information content (AvgIpc) is 2.96. The minimum atomic E-state index is -3.28. The van der Waals surface area contributed by atoms with Gasteiger partial charge in [0.2, 0.25) is 0 Å². The van der Waals surface area contributed by atoms with Crippen LogP contribution in [0.1, 0.15) is 11.1 Å². The van der Waals surface area contributed by atoms with E-state index in [0.29, 0.717) is 22.9 Å². The van der Waals surface area contributed by atoms with E-state index in [-0.39, 0.29) is 0 Å². The number of aliphatic imine (C=N–C) groups is 1. The average molecular weight is 359 g/mol. The van der Waals surface area contributed by atoms with Crippen LogP contribution in [-0.4, -0.2) is 6.21 Å². The number of nitrogens with zero attached hydrogens (tertiary/aromatic N) is 1. The molecule has 0 amide bonds. The Morgan fingerprint density at radius 3 is 2.12 bits per heavy atom. The zero-order valence-corrected chi connectivity index (χ0v) is 15.1. The summed E-state index contributed by atoms with van der Waals surface area (Å²) in [4.78, 5) is 4.37. The molecule has 0 aromatic heterocycles. The van der Waals surface area contributed by atoms with Crippen LogP contribution in [0.15, 0.2) is 89.9 Å². The fourth-order valence-corrected chi connectivity index (χ4v) is 5.07. The lowest BCUT2D eigenvalue weighted by Crippen LogP contribution is -2.20. The maximum Gasteiger partial charge on any atom is 0.306 e. The Kier molecular flexibility index (Phi) is 4.55. The van der Waals surface area contributed by atoms with Gasteiger partial charge in [0.15, 0.2) is 0 Å². The number of hydrogen-bond acceptors (Lipinski definition) is 3. The van der Waals surface area contributed by atoms with Gasteiger partial charge >= 0.3 is 7.37 Å². The first-order valence-corrected chi connectivity index (χ1v) is 10.1. The molecule has 0 aliphatic carbocycles. The van der Waals surface area contributed by atoms with E-state index in [0.717, 1.165) is 11.1 Å². The van der Waals surface area contributed by atoms with Crippen LogP contribution in [0.25, 0.3) is 6.08 Å². The minimum Gasteiger partial charge on any atom is -0.436 e.